The van der Waals surface area contributed by atoms with Gasteiger partial charge in [0.15, 0.2) is 0 Å². The Balaban J connectivity index is 2.07. The standard InChI is InChI=1S/C14H15N3O4/c1-3-10(2)16-9-8-13(15-16)21-14(18)11-4-6-12(7-5-11)17(19)20/h4-10H,3H2,1-2H3/t10-/m1/s1. The van der Waals surface area contributed by atoms with Crippen LogP contribution in [-0.2, 0) is 0 Å². The number of esters is 1. The molecule has 0 saturated heterocycles. The lowest BCUT2D eigenvalue weighted by molar-refractivity contribution is -0.384. The minimum atomic E-state index is -0.598. The first-order valence-electron chi connectivity index (χ1n) is 6.53. The molecule has 1 heterocycles. The maximum atomic E-state index is 11.9. The van der Waals surface area contributed by atoms with E-state index < -0.39 is 10.9 Å². The van der Waals surface area contributed by atoms with Crippen molar-refractivity contribution in [2.24, 2.45) is 0 Å². The van der Waals surface area contributed by atoms with Crippen LogP contribution in [0, 0.1) is 10.1 Å². The van der Waals surface area contributed by atoms with Crippen molar-refractivity contribution >= 4 is 11.7 Å². The molecule has 0 aliphatic heterocycles. The number of benzene rings is 1. The van der Waals surface area contributed by atoms with Crippen LogP contribution in [0.15, 0.2) is 36.5 Å². The van der Waals surface area contributed by atoms with Gasteiger partial charge in [-0.3, -0.25) is 14.8 Å². The fraction of sp³-hybridized carbons (Fsp3) is 0.286. The Morgan fingerprint density at radius 3 is 2.62 bits per heavy atom. The number of hydrogen-bond acceptors (Lipinski definition) is 5. The highest BCUT2D eigenvalue weighted by Crippen LogP contribution is 2.16. The minimum Gasteiger partial charge on any atom is -0.402 e. The number of nitro benzene ring substituents is 1. The second kappa shape index (κ2) is 6.17. The first kappa shape index (κ1) is 14.7. The largest absolute Gasteiger partial charge is 0.402 e. The Kier molecular flexibility index (Phi) is 4.32. The van der Waals surface area contributed by atoms with Gasteiger partial charge in [0.25, 0.3) is 5.69 Å². The van der Waals surface area contributed by atoms with Crippen LogP contribution >= 0.6 is 0 Å². The molecule has 0 spiro atoms. The quantitative estimate of drug-likeness (QED) is 0.479. The predicted molar refractivity (Wildman–Crippen MR) is 75.3 cm³/mol. The molecule has 110 valence electrons. The summed E-state index contributed by atoms with van der Waals surface area (Å²) in [6, 6.07) is 7.05. The van der Waals surface area contributed by atoms with Gasteiger partial charge in [-0.1, -0.05) is 6.92 Å². The van der Waals surface area contributed by atoms with Crippen LogP contribution in [0.2, 0.25) is 0 Å². The number of nitrogens with zero attached hydrogens (tertiary/aromatic N) is 3. The molecule has 0 radical (unpaired) electrons. The van der Waals surface area contributed by atoms with Crippen molar-refractivity contribution in [3.05, 3.63) is 52.2 Å². The number of carbonyl (C=O) groups is 1. The zero-order valence-corrected chi connectivity index (χ0v) is 11.7. The van der Waals surface area contributed by atoms with Crippen molar-refractivity contribution in [1.82, 2.24) is 9.78 Å². The lowest BCUT2D eigenvalue weighted by Crippen LogP contribution is -2.10. The average molecular weight is 289 g/mol. The SMILES string of the molecule is CC[C@@H](C)n1ccc(OC(=O)c2ccc([N+](=O)[O-])cc2)n1. The summed E-state index contributed by atoms with van der Waals surface area (Å²) in [4.78, 5) is 21.9. The van der Waals surface area contributed by atoms with Crippen molar-refractivity contribution < 1.29 is 14.5 Å². The van der Waals surface area contributed by atoms with Gasteiger partial charge < -0.3 is 4.74 Å². The molecule has 2 aromatic rings. The molecule has 7 heteroatoms. The zero-order chi connectivity index (χ0) is 15.4. The fourth-order valence-electron chi connectivity index (χ4n) is 1.68. The maximum Gasteiger partial charge on any atom is 0.344 e. The number of carbonyl (C=O) groups excluding carboxylic acids is 1. The Morgan fingerprint density at radius 1 is 1.38 bits per heavy atom. The molecule has 1 atom stereocenters. The fourth-order valence-corrected chi connectivity index (χ4v) is 1.68. The Hall–Kier alpha value is -2.70. The minimum absolute atomic E-state index is 0.0763. The van der Waals surface area contributed by atoms with Crippen molar-refractivity contribution in [1.29, 1.82) is 0 Å². The number of ether oxygens (including phenoxy) is 1. The Labute approximate surface area is 121 Å². The lowest BCUT2D eigenvalue weighted by Gasteiger charge is -2.07. The molecular formula is C14H15N3O4. The molecular weight excluding hydrogens is 274 g/mol. The van der Waals surface area contributed by atoms with Gasteiger partial charge in [0.2, 0.25) is 5.88 Å². The molecule has 7 nitrogen and oxygen atoms in total. The van der Waals surface area contributed by atoms with Crippen LogP contribution in [0.4, 0.5) is 5.69 Å². The van der Waals surface area contributed by atoms with Crippen LogP contribution < -0.4 is 4.74 Å². The van der Waals surface area contributed by atoms with Crippen molar-refractivity contribution in [2.75, 3.05) is 0 Å². The van der Waals surface area contributed by atoms with E-state index in [1.54, 1.807) is 16.9 Å². The van der Waals surface area contributed by atoms with E-state index in [0.29, 0.717) is 0 Å². The van der Waals surface area contributed by atoms with Gasteiger partial charge in [0.1, 0.15) is 0 Å². The molecule has 1 aromatic carbocycles. The lowest BCUT2D eigenvalue weighted by atomic mass is 10.2. The van der Waals surface area contributed by atoms with Crippen LogP contribution in [0.5, 0.6) is 5.88 Å². The van der Waals surface area contributed by atoms with Crippen molar-refractivity contribution in [3.8, 4) is 5.88 Å². The maximum absolute atomic E-state index is 11.9. The van der Waals surface area contributed by atoms with E-state index >= 15 is 0 Å². The number of hydrogen-bond donors (Lipinski definition) is 0. The second-order valence-corrected chi connectivity index (χ2v) is 4.58. The highest BCUT2D eigenvalue weighted by Gasteiger charge is 2.13. The molecule has 2 rings (SSSR count). The van der Waals surface area contributed by atoms with Crippen molar-refractivity contribution in [2.45, 2.75) is 26.3 Å². The van der Waals surface area contributed by atoms with Crippen LogP contribution in [0.3, 0.4) is 0 Å². The van der Waals surface area contributed by atoms with E-state index in [1.165, 1.54) is 24.3 Å². The first-order chi connectivity index (χ1) is 10.0. The van der Waals surface area contributed by atoms with Gasteiger partial charge in [-0.25, -0.2) is 4.79 Å². The van der Waals surface area contributed by atoms with Gasteiger partial charge in [-0.05, 0) is 25.5 Å². The van der Waals surface area contributed by atoms with Crippen LogP contribution in [0.1, 0.15) is 36.7 Å². The summed E-state index contributed by atoms with van der Waals surface area (Å²) in [6.45, 7) is 4.05. The summed E-state index contributed by atoms with van der Waals surface area (Å²) in [5, 5.41) is 14.7. The Morgan fingerprint density at radius 2 is 2.05 bits per heavy atom. The topological polar surface area (TPSA) is 87.3 Å². The highest BCUT2D eigenvalue weighted by atomic mass is 16.6. The first-order valence-corrected chi connectivity index (χ1v) is 6.53. The third-order valence-electron chi connectivity index (χ3n) is 3.14. The summed E-state index contributed by atoms with van der Waals surface area (Å²) in [6.07, 6.45) is 2.66. The van der Waals surface area contributed by atoms with Crippen LogP contribution in [-0.4, -0.2) is 20.7 Å². The Bertz CT molecular complexity index is 648. The molecule has 0 amide bonds. The van der Waals surface area contributed by atoms with Gasteiger partial charge in [0, 0.05) is 30.4 Å². The summed E-state index contributed by atoms with van der Waals surface area (Å²) >= 11 is 0. The van der Waals surface area contributed by atoms with Gasteiger partial charge in [0.05, 0.1) is 10.5 Å². The molecule has 0 fully saturated rings. The molecule has 0 saturated carbocycles. The molecule has 0 unspecified atom stereocenters. The van der Waals surface area contributed by atoms with E-state index in [0.717, 1.165) is 6.42 Å². The molecule has 0 bridgehead atoms. The number of nitro groups is 1. The average Bonchev–Trinajstić information content (AvgIpc) is 2.95. The molecule has 0 aliphatic carbocycles. The monoisotopic (exact) mass is 289 g/mol. The number of aromatic nitrogens is 2. The van der Waals surface area contributed by atoms with E-state index in [9.17, 15) is 14.9 Å². The third kappa shape index (κ3) is 3.44. The highest BCUT2D eigenvalue weighted by molar-refractivity contribution is 5.91. The van der Waals surface area contributed by atoms with Crippen LogP contribution in [0.25, 0.3) is 0 Å². The summed E-state index contributed by atoms with van der Waals surface area (Å²) in [7, 11) is 0. The molecule has 21 heavy (non-hydrogen) atoms. The van der Waals surface area contributed by atoms with Gasteiger partial charge in [-0.2, -0.15) is 0 Å². The summed E-state index contributed by atoms with van der Waals surface area (Å²) in [5.74, 6) is -0.391. The molecule has 0 N–H and O–H groups in total. The molecule has 0 aliphatic rings. The number of rotatable bonds is 5. The van der Waals surface area contributed by atoms with Crippen molar-refractivity contribution in [3.63, 3.8) is 0 Å². The summed E-state index contributed by atoms with van der Waals surface area (Å²) < 4.78 is 6.86. The zero-order valence-electron chi connectivity index (χ0n) is 11.7. The van der Waals surface area contributed by atoms with Gasteiger partial charge in [-0.15, -0.1) is 5.10 Å². The summed E-state index contributed by atoms with van der Waals surface area (Å²) in [5.41, 5.74) is 0.159. The van der Waals surface area contributed by atoms with E-state index in [2.05, 4.69) is 5.10 Å². The third-order valence-corrected chi connectivity index (χ3v) is 3.14. The normalized spacial score (nSPS) is 11.9. The van der Waals surface area contributed by atoms with E-state index in [-0.39, 0.29) is 23.2 Å². The van der Waals surface area contributed by atoms with E-state index in [1.807, 2.05) is 13.8 Å². The van der Waals surface area contributed by atoms with Gasteiger partial charge >= 0.3 is 5.97 Å². The molecule has 1 aromatic heterocycles. The predicted octanol–water partition coefficient (Wildman–Crippen LogP) is 2.98. The smallest absolute Gasteiger partial charge is 0.344 e. The van der Waals surface area contributed by atoms with E-state index in [4.69, 9.17) is 4.74 Å². The second-order valence-electron chi connectivity index (χ2n) is 4.58. The number of non-ortho nitro benzene ring substituents is 1.